The second-order valence-corrected chi connectivity index (χ2v) is 6.72. The molecule has 26 heavy (non-hydrogen) atoms. The Hall–Kier alpha value is -2.87. The van der Waals surface area contributed by atoms with Gasteiger partial charge in [-0.25, -0.2) is 0 Å². The fourth-order valence-electron chi connectivity index (χ4n) is 2.75. The summed E-state index contributed by atoms with van der Waals surface area (Å²) >= 11 is 1.41. The van der Waals surface area contributed by atoms with Crippen LogP contribution in [-0.4, -0.2) is 34.5 Å². The zero-order valence-electron chi connectivity index (χ0n) is 15.1. The number of allylic oxidation sites excluding steroid dienone is 1. The number of benzene rings is 1. The van der Waals surface area contributed by atoms with Gasteiger partial charge in [-0.15, -0.1) is 6.58 Å². The molecule has 136 valence electrons. The number of thiazole rings is 1. The molecular weight excluding hydrogens is 352 g/mol. The van der Waals surface area contributed by atoms with Crippen LogP contribution >= 0.6 is 11.3 Å². The number of aryl methyl sites for hydroxylation is 2. The van der Waals surface area contributed by atoms with E-state index in [2.05, 4.69) is 16.7 Å². The molecule has 1 amide bonds. The normalized spacial score (nSPS) is 11.8. The van der Waals surface area contributed by atoms with Crippen molar-refractivity contribution >= 4 is 27.5 Å². The quantitative estimate of drug-likeness (QED) is 0.646. The van der Waals surface area contributed by atoms with Crippen LogP contribution in [-0.2, 0) is 13.6 Å². The number of aromatic nitrogens is 3. The summed E-state index contributed by atoms with van der Waals surface area (Å²) in [5.74, 6) is 0.880. The summed E-state index contributed by atoms with van der Waals surface area (Å²) in [6.45, 7) is 6.16. The predicted molar refractivity (Wildman–Crippen MR) is 101 cm³/mol. The number of carbonyl (C=O) groups excluding carboxylic acids is 1. The molecule has 8 heteroatoms. The number of carbonyl (C=O) groups is 1. The molecule has 0 aliphatic carbocycles. The number of methoxy groups -OCH3 is 2. The van der Waals surface area contributed by atoms with Crippen LogP contribution in [0.1, 0.15) is 16.1 Å². The molecule has 2 aromatic heterocycles. The molecule has 3 aromatic rings. The lowest BCUT2D eigenvalue weighted by atomic mass is 10.3. The van der Waals surface area contributed by atoms with Crippen molar-refractivity contribution < 1.29 is 14.3 Å². The molecule has 1 aromatic carbocycles. The minimum Gasteiger partial charge on any atom is -0.493 e. The van der Waals surface area contributed by atoms with Gasteiger partial charge in [-0.3, -0.25) is 9.48 Å². The first-order chi connectivity index (χ1) is 12.5. The van der Waals surface area contributed by atoms with Crippen molar-refractivity contribution in [3.05, 3.63) is 47.0 Å². The van der Waals surface area contributed by atoms with E-state index in [1.54, 1.807) is 38.2 Å². The zero-order chi connectivity index (χ0) is 18.8. The highest BCUT2D eigenvalue weighted by molar-refractivity contribution is 7.16. The van der Waals surface area contributed by atoms with Crippen molar-refractivity contribution in [3.63, 3.8) is 0 Å². The van der Waals surface area contributed by atoms with E-state index in [0.29, 0.717) is 28.5 Å². The third kappa shape index (κ3) is 3.15. The van der Waals surface area contributed by atoms with E-state index in [0.717, 1.165) is 15.8 Å². The fraction of sp³-hybridized carbons (Fsp3) is 0.278. The molecule has 0 unspecified atom stereocenters. The summed E-state index contributed by atoms with van der Waals surface area (Å²) < 4.78 is 15.2. The van der Waals surface area contributed by atoms with E-state index in [1.165, 1.54) is 11.3 Å². The Kier molecular flexibility index (Phi) is 4.94. The van der Waals surface area contributed by atoms with Gasteiger partial charge >= 0.3 is 0 Å². The first kappa shape index (κ1) is 17.9. The van der Waals surface area contributed by atoms with Gasteiger partial charge in [0, 0.05) is 37.5 Å². The largest absolute Gasteiger partial charge is 0.493 e. The molecule has 2 heterocycles. The molecule has 0 saturated carbocycles. The first-order valence-electron chi connectivity index (χ1n) is 7.94. The van der Waals surface area contributed by atoms with Crippen molar-refractivity contribution in [1.29, 1.82) is 0 Å². The van der Waals surface area contributed by atoms with Gasteiger partial charge in [-0.2, -0.15) is 10.1 Å². The van der Waals surface area contributed by atoms with Gasteiger partial charge in [0.2, 0.25) is 0 Å². The minimum absolute atomic E-state index is 0.352. The SMILES string of the molecule is C=CCn1c(=NC(=O)c2nn(C)cc2C)sc2cc(OC)c(OC)cc21. The molecule has 0 aliphatic rings. The fourth-order valence-corrected chi connectivity index (χ4v) is 3.79. The van der Waals surface area contributed by atoms with Crippen molar-refractivity contribution in [3.8, 4) is 11.5 Å². The number of hydrogen-bond acceptors (Lipinski definition) is 5. The predicted octanol–water partition coefficient (Wildman–Crippen LogP) is 2.69. The molecule has 0 radical (unpaired) electrons. The summed E-state index contributed by atoms with van der Waals surface area (Å²) in [6, 6.07) is 3.76. The van der Waals surface area contributed by atoms with Gasteiger partial charge in [0.1, 0.15) is 0 Å². The summed E-state index contributed by atoms with van der Waals surface area (Å²) in [6.07, 6.45) is 3.56. The van der Waals surface area contributed by atoms with Gasteiger partial charge in [-0.05, 0) is 6.92 Å². The average Bonchev–Trinajstić information content (AvgIpc) is 3.13. The lowest BCUT2D eigenvalue weighted by Crippen LogP contribution is -2.16. The Morgan fingerprint density at radius 2 is 2.04 bits per heavy atom. The highest BCUT2D eigenvalue weighted by atomic mass is 32.1. The van der Waals surface area contributed by atoms with Crippen LogP contribution in [0.5, 0.6) is 11.5 Å². The molecule has 0 atom stereocenters. The standard InChI is InChI=1S/C18H20N4O3S/c1-6-7-22-12-8-13(24-4)14(25-5)9-15(12)26-18(22)19-17(23)16-11(2)10-21(3)20-16/h6,8-10H,1,7H2,2-5H3. The van der Waals surface area contributed by atoms with Crippen LogP contribution in [0, 0.1) is 6.92 Å². The van der Waals surface area contributed by atoms with Gasteiger partial charge in [-0.1, -0.05) is 17.4 Å². The van der Waals surface area contributed by atoms with Gasteiger partial charge in [0.15, 0.2) is 22.0 Å². The van der Waals surface area contributed by atoms with E-state index < -0.39 is 0 Å². The molecule has 0 spiro atoms. The lowest BCUT2D eigenvalue weighted by molar-refractivity contribution is 0.0992. The number of fused-ring (bicyclic) bond motifs is 1. The highest BCUT2D eigenvalue weighted by Crippen LogP contribution is 2.33. The van der Waals surface area contributed by atoms with Crippen LogP contribution in [0.2, 0.25) is 0 Å². The van der Waals surface area contributed by atoms with E-state index in [1.807, 2.05) is 23.6 Å². The summed E-state index contributed by atoms with van der Waals surface area (Å²) in [7, 11) is 4.96. The molecule has 0 aliphatic heterocycles. The van der Waals surface area contributed by atoms with E-state index >= 15 is 0 Å². The second kappa shape index (κ2) is 7.17. The first-order valence-corrected chi connectivity index (χ1v) is 8.75. The zero-order valence-corrected chi connectivity index (χ0v) is 16.0. The van der Waals surface area contributed by atoms with E-state index in [-0.39, 0.29) is 5.91 Å². The number of rotatable bonds is 5. The Morgan fingerprint density at radius 3 is 2.62 bits per heavy atom. The monoisotopic (exact) mass is 372 g/mol. The summed E-state index contributed by atoms with van der Waals surface area (Å²) in [5, 5.41) is 4.20. The van der Waals surface area contributed by atoms with Crippen LogP contribution in [0.25, 0.3) is 10.2 Å². The lowest BCUT2D eigenvalue weighted by Gasteiger charge is -2.08. The smallest absolute Gasteiger partial charge is 0.300 e. The van der Waals surface area contributed by atoms with Crippen LogP contribution < -0.4 is 14.3 Å². The summed E-state index contributed by atoms with van der Waals surface area (Å²) in [4.78, 5) is 17.5. The Morgan fingerprint density at radius 1 is 1.35 bits per heavy atom. The van der Waals surface area contributed by atoms with E-state index in [4.69, 9.17) is 9.47 Å². The van der Waals surface area contributed by atoms with E-state index in [9.17, 15) is 4.79 Å². The third-order valence-electron chi connectivity index (χ3n) is 3.91. The maximum Gasteiger partial charge on any atom is 0.300 e. The number of ether oxygens (including phenoxy) is 2. The Labute approximate surface area is 154 Å². The van der Waals surface area contributed by atoms with Crippen LogP contribution in [0.4, 0.5) is 0 Å². The van der Waals surface area contributed by atoms with Crippen LogP contribution in [0.15, 0.2) is 36.0 Å². The molecule has 0 fully saturated rings. The summed E-state index contributed by atoms with van der Waals surface area (Å²) in [5.41, 5.74) is 2.04. The van der Waals surface area contributed by atoms with Gasteiger partial charge in [0.05, 0.1) is 24.4 Å². The number of hydrogen-bond donors (Lipinski definition) is 0. The van der Waals surface area contributed by atoms with Crippen molar-refractivity contribution in [1.82, 2.24) is 14.3 Å². The molecule has 0 N–H and O–H groups in total. The maximum absolute atomic E-state index is 12.6. The molecule has 0 saturated heterocycles. The second-order valence-electron chi connectivity index (χ2n) is 5.71. The average molecular weight is 372 g/mol. The third-order valence-corrected chi connectivity index (χ3v) is 4.95. The van der Waals surface area contributed by atoms with Crippen LogP contribution in [0.3, 0.4) is 0 Å². The van der Waals surface area contributed by atoms with Crippen molar-refractivity contribution in [2.75, 3.05) is 14.2 Å². The molecular formula is C18H20N4O3S. The van der Waals surface area contributed by atoms with Crippen molar-refractivity contribution in [2.24, 2.45) is 12.0 Å². The number of nitrogens with zero attached hydrogens (tertiary/aromatic N) is 4. The van der Waals surface area contributed by atoms with Gasteiger partial charge < -0.3 is 14.0 Å². The topological polar surface area (TPSA) is 70.6 Å². The van der Waals surface area contributed by atoms with Crippen molar-refractivity contribution in [2.45, 2.75) is 13.5 Å². The highest BCUT2D eigenvalue weighted by Gasteiger charge is 2.15. The molecule has 0 bridgehead atoms. The Balaban J connectivity index is 2.21. The maximum atomic E-state index is 12.6. The molecule has 7 nitrogen and oxygen atoms in total. The van der Waals surface area contributed by atoms with Gasteiger partial charge in [0.25, 0.3) is 5.91 Å². The molecule has 3 rings (SSSR count). The minimum atomic E-state index is -0.369. The Bertz CT molecular complexity index is 1060. The number of amides is 1.